The zero-order valence-electron chi connectivity index (χ0n) is 9.20. The lowest BCUT2D eigenvalue weighted by Gasteiger charge is -2.13. The SMILES string of the molecule is Cc1ccc(N)c(N)c1Nc1ccccc1. The highest BCUT2D eigenvalue weighted by atomic mass is 14.9. The molecular weight excluding hydrogens is 198 g/mol. The van der Waals surface area contributed by atoms with E-state index in [4.69, 9.17) is 11.5 Å². The van der Waals surface area contributed by atoms with Crippen LogP contribution in [0.5, 0.6) is 0 Å². The Morgan fingerprint density at radius 2 is 1.62 bits per heavy atom. The zero-order valence-corrected chi connectivity index (χ0v) is 9.20. The molecule has 0 aliphatic rings. The molecule has 0 heterocycles. The Kier molecular flexibility index (Phi) is 2.68. The van der Waals surface area contributed by atoms with Crippen molar-refractivity contribution in [2.75, 3.05) is 16.8 Å². The van der Waals surface area contributed by atoms with E-state index in [0.29, 0.717) is 11.4 Å². The molecule has 82 valence electrons. The minimum absolute atomic E-state index is 0.601. The molecule has 0 saturated heterocycles. The number of nitrogen functional groups attached to an aromatic ring is 2. The molecule has 0 bridgehead atoms. The summed E-state index contributed by atoms with van der Waals surface area (Å²) in [5, 5.41) is 3.28. The fourth-order valence-electron chi connectivity index (χ4n) is 1.58. The van der Waals surface area contributed by atoms with Gasteiger partial charge < -0.3 is 16.8 Å². The Morgan fingerprint density at radius 3 is 2.31 bits per heavy atom. The van der Waals surface area contributed by atoms with Gasteiger partial charge in [-0.05, 0) is 30.7 Å². The summed E-state index contributed by atoms with van der Waals surface area (Å²) in [6.07, 6.45) is 0. The third-order valence-electron chi connectivity index (χ3n) is 2.53. The van der Waals surface area contributed by atoms with Gasteiger partial charge in [0.15, 0.2) is 0 Å². The minimum Gasteiger partial charge on any atom is -0.397 e. The molecule has 0 amide bonds. The quantitative estimate of drug-likeness (QED) is 0.672. The van der Waals surface area contributed by atoms with Gasteiger partial charge in [-0.3, -0.25) is 0 Å². The normalized spacial score (nSPS) is 10.1. The van der Waals surface area contributed by atoms with Crippen molar-refractivity contribution in [3.8, 4) is 0 Å². The zero-order chi connectivity index (χ0) is 11.5. The van der Waals surface area contributed by atoms with Gasteiger partial charge >= 0.3 is 0 Å². The van der Waals surface area contributed by atoms with E-state index >= 15 is 0 Å². The monoisotopic (exact) mass is 213 g/mol. The van der Waals surface area contributed by atoms with Gasteiger partial charge in [-0.2, -0.15) is 0 Å². The highest BCUT2D eigenvalue weighted by Crippen LogP contribution is 2.31. The number of hydrogen-bond donors (Lipinski definition) is 3. The van der Waals surface area contributed by atoms with E-state index in [9.17, 15) is 0 Å². The van der Waals surface area contributed by atoms with Gasteiger partial charge in [0.2, 0.25) is 0 Å². The van der Waals surface area contributed by atoms with Crippen molar-refractivity contribution in [1.82, 2.24) is 0 Å². The summed E-state index contributed by atoms with van der Waals surface area (Å²) in [5.74, 6) is 0. The first-order valence-electron chi connectivity index (χ1n) is 5.15. The topological polar surface area (TPSA) is 64.1 Å². The molecule has 3 heteroatoms. The fraction of sp³-hybridized carbons (Fsp3) is 0.0769. The largest absolute Gasteiger partial charge is 0.397 e. The number of nitrogens with one attached hydrogen (secondary N) is 1. The van der Waals surface area contributed by atoms with Crippen molar-refractivity contribution in [1.29, 1.82) is 0 Å². The fourth-order valence-corrected chi connectivity index (χ4v) is 1.58. The Hall–Kier alpha value is -2.16. The summed E-state index contributed by atoms with van der Waals surface area (Å²) in [4.78, 5) is 0. The number of nitrogens with two attached hydrogens (primary N) is 2. The Labute approximate surface area is 95.1 Å². The van der Waals surface area contributed by atoms with Crippen LogP contribution in [0.25, 0.3) is 0 Å². The van der Waals surface area contributed by atoms with Gasteiger partial charge in [0.1, 0.15) is 0 Å². The average Bonchev–Trinajstić information content (AvgIpc) is 2.31. The summed E-state index contributed by atoms with van der Waals surface area (Å²) in [6.45, 7) is 2.00. The first-order valence-corrected chi connectivity index (χ1v) is 5.15. The molecule has 3 nitrogen and oxygen atoms in total. The van der Waals surface area contributed by atoms with Crippen LogP contribution in [0.1, 0.15) is 5.56 Å². The van der Waals surface area contributed by atoms with Crippen molar-refractivity contribution < 1.29 is 0 Å². The second-order valence-electron chi connectivity index (χ2n) is 3.75. The summed E-state index contributed by atoms with van der Waals surface area (Å²) < 4.78 is 0. The number of anilines is 4. The van der Waals surface area contributed by atoms with Crippen LogP contribution in [0.15, 0.2) is 42.5 Å². The predicted molar refractivity (Wildman–Crippen MR) is 69.7 cm³/mol. The number of hydrogen-bond acceptors (Lipinski definition) is 3. The van der Waals surface area contributed by atoms with Crippen molar-refractivity contribution in [3.05, 3.63) is 48.0 Å². The van der Waals surface area contributed by atoms with E-state index in [0.717, 1.165) is 16.9 Å². The molecule has 0 spiro atoms. The van der Waals surface area contributed by atoms with Gasteiger partial charge in [-0.15, -0.1) is 0 Å². The minimum atomic E-state index is 0.601. The number of benzene rings is 2. The Bertz CT molecular complexity index is 492. The lowest BCUT2D eigenvalue weighted by atomic mass is 10.1. The maximum Gasteiger partial charge on any atom is 0.0789 e. The van der Waals surface area contributed by atoms with Crippen LogP contribution in [-0.4, -0.2) is 0 Å². The first kappa shape index (κ1) is 10.4. The van der Waals surface area contributed by atoms with E-state index in [1.54, 1.807) is 0 Å². The molecule has 0 saturated carbocycles. The van der Waals surface area contributed by atoms with Crippen LogP contribution < -0.4 is 16.8 Å². The van der Waals surface area contributed by atoms with Gasteiger partial charge in [-0.1, -0.05) is 24.3 Å². The molecule has 2 aromatic carbocycles. The molecule has 2 aromatic rings. The first-order chi connectivity index (χ1) is 7.68. The third-order valence-corrected chi connectivity index (χ3v) is 2.53. The van der Waals surface area contributed by atoms with Gasteiger partial charge in [0.05, 0.1) is 17.1 Å². The third kappa shape index (κ3) is 1.93. The second kappa shape index (κ2) is 4.14. The number of rotatable bonds is 2. The molecule has 0 unspecified atom stereocenters. The van der Waals surface area contributed by atoms with Crippen LogP contribution >= 0.6 is 0 Å². The van der Waals surface area contributed by atoms with Crippen molar-refractivity contribution in [2.24, 2.45) is 0 Å². The molecule has 0 aliphatic heterocycles. The lowest BCUT2D eigenvalue weighted by Crippen LogP contribution is -2.02. The molecule has 2 rings (SSSR count). The van der Waals surface area contributed by atoms with Crippen LogP contribution in [-0.2, 0) is 0 Å². The Morgan fingerprint density at radius 1 is 0.938 bits per heavy atom. The molecule has 0 atom stereocenters. The summed E-state index contributed by atoms with van der Waals surface area (Å²) >= 11 is 0. The lowest BCUT2D eigenvalue weighted by molar-refractivity contribution is 1.43. The van der Waals surface area contributed by atoms with E-state index in [-0.39, 0.29) is 0 Å². The molecule has 0 fully saturated rings. The number of para-hydroxylation sites is 1. The summed E-state index contributed by atoms with van der Waals surface area (Å²) in [5.41, 5.74) is 15.9. The van der Waals surface area contributed by atoms with Crippen LogP contribution in [0.3, 0.4) is 0 Å². The van der Waals surface area contributed by atoms with E-state index in [1.165, 1.54) is 0 Å². The molecular formula is C13H15N3. The smallest absolute Gasteiger partial charge is 0.0789 e. The summed E-state index contributed by atoms with van der Waals surface area (Å²) in [6, 6.07) is 13.7. The Balaban J connectivity index is 2.38. The van der Waals surface area contributed by atoms with Crippen molar-refractivity contribution in [2.45, 2.75) is 6.92 Å². The number of aryl methyl sites for hydroxylation is 1. The maximum absolute atomic E-state index is 5.94. The molecule has 0 aromatic heterocycles. The van der Waals surface area contributed by atoms with Crippen LogP contribution in [0, 0.1) is 6.92 Å². The predicted octanol–water partition coefficient (Wildman–Crippen LogP) is 2.90. The molecule has 0 aliphatic carbocycles. The summed E-state index contributed by atoms with van der Waals surface area (Å²) in [7, 11) is 0. The van der Waals surface area contributed by atoms with Crippen molar-refractivity contribution in [3.63, 3.8) is 0 Å². The second-order valence-corrected chi connectivity index (χ2v) is 3.75. The highest BCUT2D eigenvalue weighted by Gasteiger charge is 2.06. The van der Waals surface area contributed by atoms with E-state index in [2.05, 4.69) is 5.32 Å². The molecule has 5 N–H and O–H groups in total. The van der Waals surface area contributed by atoms with Crippen LogP contribution in [0.2, 0.25) is 0 Å². The molecule has 16 heavy (non-hydrogen) atoms. The van der Waals surface area contributed by atoms with Gasteiger partial charge in [0, 0.05) is 5.69 Å². The van der Waals surface area contributed by atoms with E-state index in [1.807, 2.05) is 49.4 Å². The van der Waals surface area contributed by atoms with E-state index < -0.39 is 0 Å². The maximum atomic E-state index is 5.94. The molecule has 0 radical (unpaired) electrons. The average molecular weight is 213 g/mol. The van der Waals surface area contributed by atoms with Gasteiger partial charge in [-0.25, -0.2) is 0 Å². The van der Waals surface area contributed by atoms with Crippen molar-refractivity contribution >= 4 is 22.7 Å². The highest BCUT2D eigenvalue weighted by molar-refractivity contribution is 5.84. The standard InChI is InChI=1S/C13H15N3/c1-9-7-8-11(14)12(15)13(9)16-10-5-3-2-4-6-10/h2-8,16H,14-15H2,1H3. The van der Waals surface area contributed by atoms with Gasteiger partial charge in [0.25, 0.3) is 0 Å². The van der Waals surface area contributed by atoms with Crippen LogP contribution in [0.4, 0.5) is 22.7 Å².